The first-order valence-corrected chi connectivity index (χ1v) is 7.19. The van der Waals surface area contributed by atoms with E-state index in [1.54, 1.807) is 12.1 Å². The molecule has 1 unspecified atom stereocenters. The third kappa shape index (κ3) is 3.05. The van der Waals surface area contributed by atoms with Crippen molar-refractivity contribution in [1.82, 2.24) is 15.5 Å². The highest BCUT2D eigenvalue weighted by Crippen LogP contribution is 2.26. The first kappa shape index (κ1) is 14.0. The summed E-state index contributed by atoms with van der Waals surface area (Å²) in [5, 5.41) is 7.44. The molecule has 1 N–H and O–H groups in total. The minimum absolute atomic E-state index is 0.119. The van der Waals surface area contributed by atoms with Gasteiger partial charge in [-0.1, -0.05) is 18.0 Å². The zero-order valence-electron chi connectivity index (χ0n) is 11.9. The molecule has 21 heavy (non-hydrogen) atoms. The number of nitrogens with zero attached hydrogens (tertiary/aromatic N) is 2. The third-order valence-corrected chi connectivity index (χ3v) is 3.71. The van der Waals surface area contributed by atoms with Crippen molar-refractivity contribution in [2.75, 3.05) is 13.7 Å². The lowest BCUT2D eigenvalue weighted by Crippen LogP contribution is -2.21. The predicted octanol–water partition coefficient (Wildman–Crippen LogP) is 3.09. The number of benzene rings is 1. The standard InChI is InChI=1S/C15H18FN3O2/c1-20-13-7-6-10(9-11(13)16)15-18-14(19-21-15)12-5-3-2-4-8-17-12/h6-7,9,12,17H,2-5,8H2,1H3. The van der Waals surface area contributed by atoms with E-state index in [0.29, 0.717) is 17.3 Å². The molecule has 1 aromatic carbocycles. The second kappa shape index (κ2) is 6.22. The first-order chi connectivity index (χ1) is 10.3. The van der Waals surface area contributed by atoms with Crippen LogP contribution in [-0.2, 0) is 0 Å². The number of nitrogens with one attached hydrogen (secondary N) is 1. The van der Waals surface area contributed by atoms with Crippen LogP contribution >= 0.6 is 0 Å². The average molecular weight is 291 g/mol. The molecule has 1 atom stereocenters. The summed E-state index contributed by atoms with van der Waals surface area (Å²) < 4.78 is 23.9. The number of ether oxygens (including phenoxy) is 1. The van der Waals surface area contributed by atoms with Crippen LogP contribution in [-0.4, -0.2) is 23.8 Å². The van der Waals surface area contributed by atoms with Crippen molar-refractivity contribution in [2.24, 2.45) is 0 Å². The molecule has 0 saturated carbocycles. The summed E-state index contributed by atoms with van der Waals surface area (Å²) in [6.45, 7) is 0.964. The highest BCUT2D eigenvalue weighted by molar-refractivity contribution is 5.54. The third-order valence-electron chi connectivity index (χ3n) is 3.71. The largest absolute Gasteiger partial charge is 0.494 e. The molecular formula is C15H18FN3O2. The maximum Gasteiger partial charge on any atom is 0.258 e. The Bertz CT molecular complexity index is 607. The second-order valence-electron chi connectivity index (χ2n) is 5.16. The van der Waals surface area contributed by atoms with Crippen LogP contribution in [0.15, 0.2) is 22.7 Å². The Balaban J connectivity index is 1.82. The second-order valence-corrected chi connectivity index (χ2v) is 5.16. The van der Waals surface area contributed by atoms with Gasteiger partial charge in [-0.3, -0.25) is 0 Å². The van der Waals surface area contributed by atoms with Gasteiger partial charge in [-0.15, -0.1) is 0 Å². The van der Waals surface area contributed by atoms with E-state index in [1.165, 1.54) is 26.0 Å². The molecule has 1 aliphatic rings. The summed E-state index contributed by atoms with van der Waals surface area (Å²) in [5.74, 6) is 0.729. The lowest BCUT2D eigenvalue weighted by molar-refractivity contribution is 0.385. The van der Waals surface area contributed by atoms with Crippen LogP contribution in [0.25, 0.3) is 11.5 Å². The van der Waals surface area contributed by atoms with Crippen LogP contribution in [0, 0.1) is 5.82 Å². The smallest absolute Gasteiger partial charge is 0.258 e. The van der Waals surface area contributed by atoms with Gasteiger partial charge in [-0.05, 0) is 37.6 Å². The maximum atomic E-state index is 13.7. The highest BCUT2D eigenvalue weighted by Gasteiger charge is 2.20. The van der Waals surface area contributed by atoms with Gasteiger partial charge in [0.1, 0.15) is 0 Å². The molecule has 1 aliphatic heterocycles. The van der Waals surface area contributed by atoms with Gasteiger partial charge < -0.3 is 14.6 Å². The van der Waals surface area contributed by atoms with Gasteiger partial charge in [0.2, 0.25) is 0 Å². The number of hydrogen-bond donors (Lipinski definition) is 1. The molecule has 1 saturated heterocycles. The van der Waals surface area contributed by atoms with Crippen molar-refractivity contribution in [1.29, 1.82) is 0 Å². The van der Waals surface area contributed by atoms with Crippen LogP contribution < -0.4 is 10.1 Å². The highest BCUT2D eigenvalue weighted by atomic mass is 19.1. The van der Waals surface area contributed by atoms with Crippen LogP contribution in [0.3, 0.4) is 0 Å². The molecule has 112 valence electrons. The number of hydrogen-bond acceptors (Lipinski definition) is 5. The van der Waals surface area contributed by atoms with Crippen molar-refractivity contribution >= 4 is 0 Å². The lowest BCUT2D eigenvalue weighted by Gasteiger charge is -2.09. The molecule has 3 rings (SSSR count). The van der Waals surface area contributed by atoms with E-state index in [1.807, 2.05) is 0 Å². The zero-order chi connectivity index (χ0) is 14.7. The number of rotatable bonds is 3. The van der Waals surface area contributed by atoms with Gasteiger partial charge in [-0.25, -0.2) is 4.39 Å². The Morgan fingerprint density at radius 3 is 3.05 bits per heavy atom. The molecule has 0 radical (unpaired) electrons. The van der Waals surface area contributed by atoms with Crippen molar-refractivity contribution in [2.45, 2.75) is 31.7 Å². The molecule has 2 aromatic rings. The summed E-state index contributed by atoms with van der Waals surface area (Å²) in [6.07, 6.45) is 4.54. The Morgan fingerprint density at radius 2 is 2.24 bits per heavy atom. The van der Waals surface area contributed by atoms with Crippen LogP contribution in [0.4, 0.5) is 4.39 Å². The summed E-state index contributed by atoms with van der Waals surface area (Å²) in [7, 11) is 1.43. The molecular weight excluding hydrogens is 273 g/mol. The van der Waals surface area contributed by atoms with Crippen LogP contribution in [0.5, 0.6) is 5.75 Å². The zero-order valence-corrected chi connectivity index (χ0v) is 11.9. The Morgan fingerprint density at radius 1 is 1.33 bits per heavy atom. The van der Waals surface area contributed by atoms with Crippen molar-refractivity contribution in [3.05, 3.63) is 29.8 Å². The molecule has 0 spiro atoms. The summed E-state index contributed by atoms with van der Waals surface area (Å²) >= 11 is 0. The van der Waals surface area contributed by atoms with Crippen LogP contribution in [0.1, 0.15) is 37.5 Å². The molecule has 1 aromatic heterocycles. The van der Waals surface area contributed by atoms with E-state index in [-0.39, 0.29) is 11.8 Å². The molecule has 6 heteroatoms. The van der Waals surface area contributed by atoms with E-state index < -0.39 is 5.82 Å². The SMILES string of the molecule is COc1ccc(-c2nc(C3CCCCCN3)no2)cc1F. The quantitative estimate of drug-likeness (QED) is 0.941. The number of methoxy groups -OCH3 is 1. The first-order valence-electron chi connectivity index (χ1n) is 7.19. The van der Waals surface area contributed by atoms with E-state index in [0.717, 1.165) is 19.4 Å². The fourth-order valence-electron chi connectivity index (χ4n) is 2.54. The Kier molecular flexibility index (Phi) is 4.15. The summed E-state index contributed by atoms with van der Waals surface area (Å²) in [6, 6.07) is 4.72. The fourth-order valence-corrected chi connectivity index (χ4v) is 2.54. The van der Waals surface area contributed by atoms with E-state index >= 15 is 0 Å². The molecule has 2 heterocycles. The Labute approximate surface area is 122 Å². The minimum atomic E-state index is -0.442. The summed E-state index contributed by atoms with van der Waals surface area (Å²) in [5.41, 5.74) is 0.556. The lowest BCUT2D eigenvalue weighted by atomic mass is 10.1. The van der Waals surface area contributed by atoms with Crippen molar-refractivity contribution in [3.63, 3.8) is 0 Å². The van der Waals surface area contributed by atoms with Gasteiger partial charge in [-0.2, -0.15) is 4.98 Å². The topological polar surface area (TPSA) is 60.2 Å². The number of aromatic nitrogens is 2. The fraction of sp³-hybridized carbons (Fsp3) is 0.467. The van der Waals surface area contributed by atoms with Crippen molar-refractivity contribution in [3.8, 4) is 17.2 Å². The normalized spacial score (nSPS) is 19.2. The maximum absolute atomic E-state index is 13.7. The van der Waals surface area contributed by atoms with E-state index in [2.05, 4.69) is 15.5 Å². The van der Waals surface area contributed by atoms with Gasteiger partial charge in [0.05, 0.1) is 13.2 Å². The predicted molar refractivity (Wildman–Crippen MR) is 75.5 cm³/mol. The van der Waals surface area contributed by atoms with Gasteiger partial charge in [0, 0.05) is 5.56 Å². The molecule has 0 aliphatic carbocycles. The molecule has 1 fully saturated rings. The number of halogens is 1. The monoisotopic (exact) mass is 291 g/mol. The minimum Gasteiger partial charge on any atom is -0.494 e. The van der Waals surface area contributed by atoms with Crippen LogP contribution in [0.2, 0.25) is 0 Å². The van der Waals surface area contributed by atoms with Gasteiger partial charge >= 0.3 is 0 Å². The van der Waals surface area contributed by atoms with E-state index in [4.69, 9.17) is 9.26 Å². The molecule has 0 bridgehead atoms. The van der Waals surface area contributed by atoms with E-state index in [9.17, 15) is 4.39 Å². The average Bonchev–Trinajstić information content (AvgIpc) is 2.83. The van der Waals surface area contributed by atoms with Gasteiger partial charge in [0.25, 0.3) is 5.89 Å². The molecule has 0 amide bonds. The van der Waals surface area contributed by atoms with Crippen molar-refractivity contribution < 1.29 is 13.7 Å². The Hall–Kier alpha value is -1.95. The molecule has 5 nitrogen and oxygen atoms in total. The summed E-state index contributed by atoms with van der Waals surface area (Å²) in [4.78, 5) is 4.39. The van der Waals surface area contributed by atoms with Gasteiger partial charge in [0.15, 0.2) is 17.4 Å².